The lowest BCUT2D eigenvalue weighted by Crippen LogP contribution is -2.24. The SMILES string of the molecule is Cc1cc(C)cc(S(=O)(=O)NOCc2ccccc2)c1. The van der Waals surface area contributed by atoms with E-state index in [0.717, 1.165) is 16.7 Å². The molecule has 2 aromatic rings. The molecule has 0 bridgehead atoms. The third kappa shape index (κ3) is 3.90. The Labute approximate surface area is 119 Å². The highest BCUT2D eigenvalue weighted by atomic mass is 32.2. The molecule has 5 heteroatoms. The van der Waals surface area contributed by atoms with Crippen molar-refractivity contribution < 1.29 is 13.3 Å². The van der Waals surface area contributed by atoms with Crippen molar-refractivity contribution in [3.05, 3.63) is 65.2 Å². The first-order chi connectivity index (χ1) is 9.47. The second-order valence-electron chi connectivity index (χ2n) is 4.68. The van der Waals surface area contributed by atoms with Gasteiger partial charge < -0.3 is 0 Å². The summed E-state index contributed by atoms with van der Waals surface area (Å²) in [5, 5.41) is 0. The topological polar surface area (TPSA) is 55.4 Å². The summed E-state index contributed by atoms with van der Waals surface area (Å²) >= 11 is 0. The second kappa shape index (κ2) is 6.17. The zero-order valence-corrected chi connectivity index (χ0v) is 12.3. The highest BCUT2D eigenvalue weighted by Gasteiger charge is 2.14. The van der Waals surface area contributed by atoms with E-state index < -0.39 is 10.0 Å². The summed E-state index contributed by atoms with van der Waals surface area (Å²) in [7, 11) is -3.65. The maximum absolute atomic E-state index is 12.1. The Morgan fingerprint density at radius 3 is 2.20 bits per heavy atom. The molecule has 4 nitrogen and oxygen atoms in total. The smallest absolute Gasteiger partial charge is 0.262 e. The van der Waals surface area contributed by atoms with E-state index in [4.69, 9.17) is 4.84 Å². The monoisotopic (exact) mass is 291 g/mol. The van der Waals surface area contributed by atoms with Crippen molar-refractivity contribution in [1.82, 2.24) is 4.89 Å². The standard InChI is InChI=1S/C15H17NO3S/c1-12-8-13(2)10-15(9-12)20(17,18)16-19-11-14-6-4-3-5-7-14/h3-10,16H,11H2,1-2H3. The van der Waals surface area contributed by atoms with Crippen LogP contribution in [0.5, 0.6) is 0 Å². The summed E-state index contributed by atoms with van der Waals surface area (Å²) in [6.07, 6.45) is 0. The first-order valence-electron chi connectivity index (χ1n) is 6.23. The molecule has 2 aromatic carbocycles. The number of benzene rings is 2. The van der Waals surface area contributed by atoms with Crippen LogP contribution in [0.15, 0.2) is 53.4 Å². The molecule has 0 saturated heterocycles. The molecule has 0 radical (unpaired) electrons. The molecule has 0 spiro atoms. The molecule has 0 aliphatic heterocycles. The zero-order valence-electron chi connectivity index (χ0n) is 11.5. The van der Waals surface area contributed by atoms with Gasteiger partial charge in [-0.1, -0.05) is 41.3 Å². The number of aryl methyl sites for hydroxylation is 2. The Balaban J connectivity index is 2.04. The lowest BCUT2D eigenvalue weighted by atomic mass is 10.2. The number of nitrogens with one attached hydrogen (secondary N) is 1. The van der Waals surface area contributed by atoms with Gasteiger partial charge in [-0.15, -0.1) is 0 Å². The number of rotatable bonds is 5. The van der Waals surface area contributed by atoms with Crippen molar-refractivity contribution >= 4 is 10.0 Å². The van der Waals surface area contributed by atoms with Crippen molar-refractivity contribution in [3.8, 4) is 0 Å². The highest BCUT2D eigenvalue weighted by Crippen LogP contribution is 2.14. The minimum absolute atomic E-state index is 0.185. The predicted octanol–water partition coefficient (Wildman–Crippen LogP) is 2.71. The molecule has 0 aromatic heterocycles. The Morgan fingerprint density at radius 2 is 1.60 bits per heavy atom. The van der Waals surface area contributed by atoms with Crippen molar-refractivity contribution in [2.24, 2.45) is 0 Å². The quantitative estimate of drug-likeness (QED) is 0.862. The van der Waals surface area contributed by atoms with E-state index in [-0.39, 0.29) is 11.5 Å². The molecule has 106 valence electrons. The fourth-order valence-corrected chi connectivity index (χ4v) is 2.89. The Bertz CT molecular complexity index is 661. The Kier molecular flexibility index (Phi) is 4.54. The molecule has 1 N–H and O–H groups in total. The van der Waals surface area contributed by atoms with E-state index in [2.05, 4.69) is 4.89 Å². The fourth-order valence-electron chi connectivity index (χ4n) is 1.90. The molecule has 0 aliphatic rings. The molecule has 0 atom stereocenters. The van der Waals surface area contributed by atoms with Gasteiger partial charge in [0.1, 0.15) is 0 Å². The fraction of sp³-hybridized carbons (Fsp3) is 0.200. The lowest BCUT2D eigenvalue weighted by molar-refractivity contribution is 0.0795. The molecule has 2 rings (SSSR count). The van der Waals surface area contributed by atoms with Crippen LogP contribution < -0.4 is 4.89 Å². The maximum atomic E-state index is 12.1. The predicted molar refractivity (Wildman–Crippen MR) is 77.5 cm³/mol. The van der Waals surface area contributed by atoms with Crippen LogP contribution in [0, 0.1) is 13.8 Å². The molecule has 0 amide bonds. The number of sulfonamides is 1. The van der Waals surface area contributed by atoms with Gasteiger partial charge in [-0.2, -0.15) is 0 Å². The average molecular weight is 291 g/mol. The Hall–Kier alpha value is -1.69. The number of hydrogen-bond acceptors (Lipinski definition) is 3. The largest absolute Gasteiger partial charge is 0.282 e. The Morgan fingerprint density at radius 1 is 1.00 bits per heavy atom. The van der Waals surface area contributed by atoms with Crippen LogP contribution in [-0.4, -0.2) is 8.42 Å². The van der Waals surface area contributed by atoms with Gasteiger partial charge in [-0.05, 0) is 42.7 Å². The van der Waals surface area contributed by atoms with Gasteiger partial charge in [-0.25, -0.2) is 8.42 Å². The normalized spacial score (nSPS) is 11.5. The molecule has 20 heavy (non-hydrogen) atoms. The average Bonchev–Trinajstić information content (AvgIpc) is 2.38. The molecule has 0 saturated carbocycles. The van der Waals surface area contributed by atoms with E-state index in [9.17, 15) is 8.42 Å². The van der Waals surface area contributed by atoms with Crippen molar-refractivity contribution in [1.29, 1.82) is 0 Å². The van der Waals surface area contributed by atoms with E-state index in [1.165, 1.54) is 0 Å². The summed E-state index contributed by atoms with van der Waals surface area (Å²) in [6, 6.07) is 14.5. The van der Waals surface area contributed by atoms with Gasteiger partial charge in [0.25, 0.3) is 10.0 Å². The molecule has 0 aliphatic carbocycles. The van der Waals surface area contributed by atoms with Crippen molar-refractivity contribution in [2.45, 2.75) is 25.3 Å². The van der Waals surface area contributed by atoms with Crippen LogP contribution in [-0.2, 0) is 21.5 Å². The van der Waals surface area contributed by atoms with Gasteiger partial charge in [0.2, 0.25) is 0 Å². The van der Waals surface area contributed by atoms with Crippen LogP contribution in [0.1, 0.15) is 16.7 Å². The number of hydrogen-bond donors (Lipinski definition) is 1. The van der Waals surface area contributed by atoms with Crippen LogP contribution in [0.25, 0.3) is 0 Å². The minimum atomic E-state index is -3.65. The van der Waals surface area contributed by atoms with E-state index in [0.29, 0.717) is 0 Å². The van der Waals surface area contributed by atoms with Crippen LogP contribution in [0.2, 0.25) is 0 Å². The third-order valence-corrected chi connectivity index (χ3v) is 3.95. The molecular weight excluding hydrogens is 274 g/mol. The first kappa shape index (κ1) is 14.7. The summed E-state index contributed by atoms with van der Waals surface area (Å²) < 4.78 is 24.2. The highest BCUT2D eigenvalue weighted by molar-refractivity contribution is 7.89. The van der Waals surface area contributed by atoms with Gasteiger partial charge >= 0.3 is 0 Å². The van der Waals surface area contributed by atoms with Gasteiger partial charge in [0.05, 0.1) is 11.5 Å². The van der Waals surface area contributed by atoms with Crippen LogP contribution in [0.3, 0.4) is 0 Å². The molecule has 0 unspecified atom stereocenters. The third-order valence-electron chi connectivity index (χ3n) is 2.76. The molecule has 0 fully saturated rings. The van der Waals surface area contributed by atoms with Gasteiger partial charge in [0.15, 0.2) is 0 Å². The van der Waals surface area contributed by atoms with Gasteiger partial charge in [-0.3, -0.25) is 4.84 Å². The molecule has 0 heterocycles. The second-order valence-corrected chi connectivity index (χ2v) is 6.33. The van der Waals surface area contributed by atoms with E-state index in [1.54, 1.807) is 12.1 Å². The summed E-state index contributed by atoms with van der Waals surface area (Å²) in [5.41, 5.74) is 2.69. The van der Waals surface area contributed by atoms with E-state index >= 15 is 0 Å². The minimum Gasteiger partial charge on any atom is -0.282 e. The summed E-state index contributed by atoms with van der Waals surface area (Å²) in [6.45, 7) is 3.90. The van der Waals surface area contributed by atoms with Crippen molar-refractivity contribution in [2.75, 3.05) is 0 Å². The van der Waals surface area contributed by atoms with Crippen molar-refractivity contribution in [3.63, 3.8) is 0 Å². The first-order valence-corrected chi connectivity index (χ1v) is 7.71. The van der Waals surface area contributed by atoms with Gasteiger partial charge in [0, 0.05) is 0 Å². The summed E-state index contributed by atoms with van der Waals surface area (Å²) in [4.78, 5) is 7.44. The maximum Gasteiger partial charge on any atom is 0.262 e. The summed E-state index contributed by atoms with van der Waals surface area (Å²) in [5.74, 6) is 0. The molecular formula is C15H17NO3S. The van der Waals surface area contributed by atoms with Crippen LogP contribution in [0.4, 0.5) is 0 Å². The van der Waals surface area contributed by atoms with E-state index in [1.807, 2.05) is 50.2 Å². The van der Waals surface area contributed by atoms with Crippen LogP contribution >= 0.6 is 0 Å². The zero-order chi connectivity index (χ0) is 14.6. The lowest BCUT2D eigenvalue weighted by Gasteiger charge is -2.09.